The fraction of sp³-hybridized carbons (Fsp3) is 0.368. The second kappa shape index (κ2) is 8.02. The van der Waals surface area contributed by atoms with E-state index in [2.05, 4.69) is 10.6 Å². The lowest BCUT2D eigenvalue weighted by Crippen LogP contribution is -2.11. The highest BCUT2D eigenvalue weighted by molar-refractivity contribution is 7.14. The van der Waals surface area contributed by atoms with Crippen molar-refractivity contribution in [2.24, 2.45) is 0 Å². The monoisotopic (exact) mass is 376 g/mol. The fourth-order valence-electron chi connectivity index (χ4n) is 3.04. The number of anilines is 2. The van der Waals surface area contributed by atoms with E-state index in [9.17, 15) is 9.59 Å². The Kier molecular flexibility index (Phi) is 5.76. The highest BCUT2D eigenvalue weighted by Gasteiger charge is 2.17. The molecule has 0 saturated carbocycles. The van der Waals surface area contributed by atoms with Crippen molar-refractivity contribution in [2.45, 2.75) is 45.4 Å². The summed E-state index contributed by atoms with van der Waals surface area (Å²) in [5.41, 5.74) is 2.47. The smallest absolute Gasteiger partial charge is 0.265 e. The quantitative estimate of drug-likeness (QED) is 0.766. The van der Waals surface area contributed by atoms with Gasteiger partial charge in [-0.15, -0.1) is 11.3 Å². The van der Waals surface area contributed by atoms with E-state index in [1.165, 1.54) is 43.0 Å². The van der Waals surface area contributed by atoms with Gasteiger partial charge in [-0.25, -0.2) is 0 Å². The maximum Gasteiger partial charge on any atom is 0.265 e. The lowest BCUT2D eigenvalue weighted by Gasteiger charge is -2.08. The maximum absolute atomic E-state index is 12.6. The van der Waals surface area contributed by atoms with Gasteiger partial charge in [0, 0.05) is 17.5 Å². The van der Waals surface area contributed by atoms with Gasteiger partial charge in [0.2, 0.25) is 5.91 Å². The molecule has 132 valence electrons. The second-order valence-corrected chi connectivity index (χ2v) is 7.85. The number of hydrogen-bond acceptors (Lipinski definition) is 3. The molecular formula is C19H21ClN2O2S. The summed E-state index contributed by atoms with van der Waals surface area (Å²) >= 11 is 7.82. The first-order chi connectivity index (χ1) is 12.0. The number of fused-ring (bicyclic) bond motifs is 1. The Bertz CT molecular complexity index is 775. The van der Waals surface area contributed by atoms with Gasteiger partial charge in [0.05, 0.1) is 15.6 Å². The van der Waals surface area contributed by atoms with Gasteiger partial charge >= 0.3 is 0 Å². The molecule has 2 N–H and O–H groups in total. The number of hydrogen-bond donors (Lipinski definition) is 2. The van der Waals surface area contributed by atoms with Gasteiger partial charge in [0.1, 0.15) is 0 Å². The molecule has 0 aliphatic heterocycles. The molecule has 0 bridgehead atoms. The van der Waals surface area contributed by atoms with Crippen LogP contribution in [0, 0.1) is 0 Å². The average molecular weight is 377 g/mol. The van der Waals surface area contributed by atoms with Crippen molar-refractivity contribution in [1.29, 1.82) is 0 Å². The van der Waals surface area contributed by atoms with Crippen LogP contribution in [0.25, 0.3) is 0 Å². The summed E-state index contributed by atoms with van der Waals surface area (Å²) in [5, 5.41) is 5.94. The zero-order valence-electron chi connectivity index (χ0n) is 14.2. The highest BCUT2D eigenvalue weighted by atomic mass is 35.5. The molecule has 4 nitrogen and oxygen atoms in total. The van der Waals surface area contributed by atoms with E-state index in [0.717, 1.165) is 17.7 Å². The number of nitrogens with one attached hydrogen (secondary N) is 2. The molecule has 2 amide bonds. The SMILES string of the molecule is CC(=O)Nc1ccc(NC(=O)c2cc3c(s2)CCCCCC3)c(Cl)c1. The van der Waals surface area contributed by atoms with Gasteiger partial charge in [0.25, 0.3) is 5.91 Å². The maximum atomic E-state index is 12.6. The van der Waals surface area contributed by atoms with Gasteiger partial charge in [0.15, 0.2) is 0 Å². The predicted molar refractivity (Wildman–Crippen MR) is 104 cm³/mol. The molecule has 3 rings (SSSR count). The van der Waals surface area contributed by atoms with Crippen LogP contribution in [0.5, 0.6) is 0 Å². The van der Waals surface area contributed by atoms with Crippen LogP contribution in [0.4, 0.5) is 11.4 Å². The first kappa shape index (κ1) is 18.0. The van der Waals surface area contributed by atoms with Crippen LogP contribution in [0.3, 0.4) is 0 Å². The molecule has 0 saturated heterocycles. The topological polar surface area (TPSA) is 58.2 Å². The van der Waals surface area contributed by atoms with Crippen molar-refractivity contribution >= 4 is 46.1 Å². The summed E-state index contributed by atoms with van der Waals surface area (Å²) in [6.07, 6.45) is 7.07. The van der Waals surface area contributed by atoms with E-state index in [0.29, 0.717) is 16.4 Å². The van der Waals surface area contributed by atoms with E-state index in [4.69, 9.17) is 11.6 Å². The van der Waals surface area contributed by atoms with Gasteiger partial charge in [-0.3, -0.25) is 9.59 Å². The number of carbonyl (C=O) groups is 2. The minimum atomic E-state index is -0.163. The Morgan fingerprint density at radius 2 is 1.80 bits per heavy atom. The average Bonchev–Trinajstić information content (AvgIpc) is 2.91. The number of halogens is 1. The number of amides is 2. The van der Waals surface area contributed by atoms with Crippen molar-refractivity contribution in [1.82, 2.24) is 0 Å². The van der Waals surface area contributed by atoms with Crippen molar-refractivity contribution in [3.05, 3.63) is 44.6 Å². The lowest BCUT2D eigenvalue weighted by molar-refractivity contribution is -0.114. The summed E-state index contributed by atoms with van der Waals surface area (Å²) in [6.45, 7) is 1.44. The molecule has 0 atom stereocenters. The minimum Gasteiger partial charge on any atom is -0.326 e. The number of benzene rings is 1. The standard InChI is InChI=1S/C19H21ClN2O2S/c1-12(23)21-14-8-9-16(15(20)11-14)22-19(24)18-10-13-6-4-2-3-5-7-17(13)25-18/h8-11H,2-7H2,1H3,(H,21,23)(H,22,24). The normalized spacial score (nSPS) is 14.2. The lowest BCUT2D eigenvalue weighted by atomic mass is 10.00. The first-order valence-electron chi connectivity index (χ1n) is 8.53. The predicted octanol–water partition coefficient (Wildman–Crippen LogP) is 5.27. The molecule has 0 spiro atoms. The Balaban J connectivity index is 1.74. The van der Waals surface area contributed by atoms with Crippen molar-refractivity contribution < 1.29 is 9.59 Å². The zero-order chi connectivity index (χ0) is 17.8. The van der Waals surface area contributed by atoms with Crippen LogP contribution in [-0.2, 0) is 17.6 Å². The third-order valence-corrected chi connectivity index (χ3v) is 5.81. The van der Waals surface area contributed by atoms with Gasteiger partial charge in [-0.2, -0.15) is 0 Å². The van der Waals surface area contributed by atoms with E-state index in [1.807, 2.05) is 6.07 Å². The molecule has 6 heteroatoms. The third kappa shape index (κ3) is 4.61. The summed E-state index contributed by atoms with van der Waals surface area (Å²) < 4.78 is 0. The Morgan fingerprint density at radius 1 is 1.04 bits per heavy atom. The highest BCUT2D eigenvalue weighted by Crippen LogP contribution is 2.30. The van der Waals surface area contributed by atoms with Gasteiger partial charge in [-0.1, -0.05) is 24.4 Å². The largest absolute Gasteiger partial charge is 0.326 e. The number of carbonyl (C=O) groups excluding carboxylic acids is 2. The zero-order valence-corrected chi connectivity index (χ0v) is 15.7. The molecule has 0 fully saturated rings. The molecule has 1 aromatic heterocycles. The molecule has 0 radical (unpaired) electrons. The number of aryl methyl sites for hydroxylation is 2. The van der Waals surface area contributed by atoms with E-state index in [1.54, 1.807) is 29.5 Å². The summed E-state index contributed by atoms with van der Waals surface area (Å²) in [4.78, 5) is 25.8. The second-order valence-electron chi connectivity index (χ2n) is 6.30. The summed E-state index contributed by atoms with van der Waals surface area (Å²) in [6, 6.07) is 7.08. The van der Waals surface area contributed by atoms with E-state index < -0.39 is 0 Å². The Morgan fingerprint density at radius 3 is 2.52 bits per heavy atom. The van der Waals surface area contributed by atoms with E-state index in [-0.39, 0.29) is 11.8 Å². The van der Waals surface area contributed by atoms with Crippen LogP contribution < -0.4 is 10.6 Å². The van der Waals surface area contributed by atoms with Crippen LogP contribution in [-0.4, -0.2) is 11.8 Å². The van der Waals surface area contributed by atoms with E-state index >= 15 is 0 Å². The van der Waals surface area contributed by atoms with Crippen molar-refractivity contribution in [3.8, 4) is 0 Å². The molecule has 2 aromatic rings. The van der Waals surface area contributed by atoms with Crippen molar-refractivity contribution in [3.63, 3.8) is 0 Å². The fourth-order valence-corrected chi connectivity index (χ4v) is 4.41. The van der Waals surface area contributed by atoms with Crippen LogP contribution in [0.1, 0.15) is 52.7 Å². The molecular weight excluding hydrogens is 356 g/mol. The Hall–Kier alpha value is -1.85. The summed E-state index contributed by atoms with van der Waals surface area (Å²) in [7, 11) is 0. The number of thiophene rings is 1. The molecule has 25 heavy (non-hydrogen) atoms. The molecule has 0 unspecified atom stereocenters. The van der Waals surface area contributed by atoms with Crippen LogP contribution in [0.15, 0.2) is 24.3 Å². The van der Waals surface area contributed by atoms with Gasteiger partial charge in [-0.05, 0) is 55.5 Å². The van der Waals surface area contributed by atoms with Crippen LogP contribution in [0.2, 0.25) is 5.02 Å². The summed E-state index contributed by atoms with van der Waals surface area (Å²) in [5.74, 6) is -0.297. The molecule has 1 aliphatic carbocycles. The Labute approximate surface area is 156 Å². The van der Waals surface area contributed by atoms with Gasteiger partial charge < -0.3 is 10.6 Å². The van der Waals surface area contributed by atoms with Crippen molar-refractivity contribution in [2.75, 3.05) is 10.6 Å². The molecule has 1 aromatic carbocycles. The van der Waals surface area contributed by atoms with Crippen LogP contribution >= 0.6 is 22.9 Å². The first-order valence-corrected chi connectivity index (χ1v) is 9.72. The number of rotatable bonds is 3. The molecule has 1 heterocycles. The third-order valence-electron chi connectivity index (χ3n) is 4.26. The molecule has 1 aliphatic rings. The minimum absolute atomic E-state index is 0.133.